The molecule has 1 aromatic carbocycles. The molecule has 0 radical (unpaired) electrons. The summed E-state index contributed by atoms with van der Waals surface area (Å²) in [7, 11) is 1.83. The topological polar surface area (TPSA) is 12.5 Å². The van der Waals surface area contributed by atoms with Crippen molar-refractivity contribution in [2.45, 2.75) is 50.7 Å². The number of piperidine rings is 1. The normalized spacial score (nSPS) is 28.1. The Hall–Kier alpha value is -0.930. The van der Waals surface area contributed by atoms with Crippen LogP contribution in [0.15, 0.2) is 24.3 Å². The molecule has 1 aliphatic carbocycles. The molecule has 2 nitrogen and oxygen atoms in total. The van der Waals surface area contributed by atoms with Gasteiger partial charge in [0.15, 0.2) is 0 Å². The van der Waals surface area contributed by atoms with Gasteiger partial charge in [-0.25, -0.2) is 4.39 Å². The summed E-state index contributed by atoms with van der Waals surface area (Å²) in [5.41, 5.74) is 1.22. The predicted molar refractivity (Wildman–Crippen MR) is 82.8 cm³/mol. The van der Waals surface area contributed by atoms with Crippen molar-refractivity contribution in [2.75, 3.05) is 20.2 Å². The summed E-state index contributed by atoms with van der Waals surface area (Å²) in [6.07, 6.45) is 7.99. The Labute approximate surface area is 127 Å². The number of likely N-dealkylation sites (tertiary alicyclic amines) is 1. The molecule has 1 saturated heterocycles. The van der Waals surface area contributed by atoms with Crippen molar-refractivity contribution in [1.29, 1.82) is 0 Å². The number of nitrogens with zero attached hydrogens (tertiary/aromatic N) is 1. The van der Waals surface area contributed by atoms with Crippen molar-refractivity contribution in [3.05, 3.63) is 35.6 Å². The average Bonchev–Trinajstić information content (AvgIpc) is 3.04. The lowest BCUT2D eigenvalue weighted by Gasteiger charge is -2.40. The van der Waals surface area contributed by atoms with E-state index in [1.165, 1.54) is 44.2 Å². The second-order valence-corrected chi connectivity index (χ2v) is 6.59. The quantitative estimate of drug-likeness (QED) is 0.839. The summed E-state index contributed by atoms with van der Waals surface area (Å²) < 4.78 is 18.8. The predicted octanol–water partition coefficient (Wildman–Crippen LogP) is 3.65. The maximum absolute atomic E-state index is 13.0. The van der Waals surface area contributed by atoms with Crippen molar-refractivity contribution in [2.24, 2.45) is 5.92 Å². The lowest BCUT2D eigenvalue weighted by Crippen LogP contribution is -2.48. The van der Waals surface area contributed by atoms with E-state index in [0.717, 1.165) is 19.0 Å². The third-order valence-corrected chi connectivity index (χ3v) is 5.28. The van der Waals surface area contributed by atoms with Gasteiger partial charge in [0, 0.05) is 19.7 Å². The first kappa shape index (κ1) is 15.0. The largest absolute Gasteiger partial charge is 0.380 e. The summed E-state index contributed by atoms with van der Waals surface area (Å²) >= 11 is 0. The number of hydrogen-bond acceptors (Lipinski definition) is 2. The smallest absolute Gasteiger partial charge is 0.123 e. The van der Waals surface area contributed by atoms with Crippen molar-refractivity contribution in [3.63, 3.8) is 0 Å². The molecular weight excluding hydrogens is 265 g/mol. The second kappa shape index (κ2) is 6.89. The van der Waals surface area contributed by atoms with E-state index in [2.05, 4.69) is 4.90 Å². The van der Waals surface area contributed by atoms with Crippen LogP contribution in [-0.2, 0) is 11.2 Å². The van der Waals surface area contributed by atoms with E-state index in [4.69, 9.17) is 4.74 Å². The average molecular weight is 291 g/mol. The van der Waals surface area contributed by atoms with Crippen molar-refractivity contribution < 1.29 is 9.13 Å². The van der Waals surface area contributed by atoms with Gasteiger partial charge in [0.25, 0.3) is 0 Å². The van der Waals surface area contributed by atoms with E-state index >= 15 is 0 Å². The molecule has 1 aliphatic heterocycles. The zero-order valence-corrected chi connectivity index (χ0v) is 12.9. The second-order valence-electron chi connectivity index (χ2n) is 6.59. The molecular formula is C18H26FNO. The van der Waals surface area contributed by atoms with Gasteiger partial charge in [-0.15, -0.1) is 0 Å². The standard InChI is InChI=1S/C18H26FNO/c1-21-18-13-20(17-4-2-3-5-17)11-10-15(18)12-14-6-8-16(19)9-7-14/h6-9,15,17-18H,2-5,10-13H2,1H3/t15-,18+/m1/s1. The minimum Gasteiger partial charge on any atom is -0.380 e. The maximum atomic E-state index is 13.0. The Balaban J connectivity index is 1.60. The fraction of sp³-hybridized carbons (Fsp3) is 0.667. The molecule has 21 heavy (non-hydrogen) atoms. The number of halogens is 1. The third-order valence-electron chi connectivity index (χ3n) is 5.28. The number of hydrogen-bond donors (Lipinski definition) is 0. The first-order valence-electron chi connectivity index (χ1n) is 8.27. The highest BCUT2D eigenvalue weighted by molar-refractivity contribution is 5.17. The van der Waals surface area contributed by atoms with Gasteiger partial charge in [-0.3, -0.25) is 4.90 Å². The molecule has 3 heteroatoms. The SMILES string of the molecule is CO[C@H]1CN(C2CCCC2)CC[C@@H]1Cc1ccc(F)cc1. The lowest BCUT2D eigenvalue weighted by molar-refractivity contribution is -0.0237. The van der Waals surface area contributed by atoms with E-state index in [-0.39, 0.29) is 5.82 Å². The monoisotopic (exact) mass is 291 g/mol. The zero-order valence-electron chi connectivity index (χ0n) is 12.9. The molecule has 0 N–H and O–H groups in total. The first-order chi connectivity index (χ1) is 10.3. The lowest BCUT2D eigenvalue weighted by atomic mass is 9.87. The highest BCUT2D eigenvalue weighted by atomic mass is 19.1. The molecule has 3 rings (SSSR count). The summed E-state index contributed by atoms with van der Waals surface area (Å²) in [4.78, 5) is 2.64. The fourth-order valence-electron chi connectivity index (χ4n) is 4.01. The minimum atomic E-state index is -0.155. The van der Waals surface area contributed by atoms with Crippen LogP contribution in [0.5, 0.6) is 0 Å². The highest BCUT2D eigenvalue weighted by Gasteiger charge is 2.33. The van der Waals surface area contributed by atoms with Crippen LogP contribution in [0.3, 0.4) is 0 Å². The van der Waals surface area contributed by atoms with Gasteiger partial charge >= 0.3 is 0 Å². The Bertz CT molecular complexity index is 441. The van der Waals surface area contributed by atoms with Gasteiger partial charge < -0.3 is 4.74 Å². The van der Waals surface area contributed by atoms with E-state index in [1.807, 2.05) is 19.2 Å². The molecule has 2 aliphatic rings. The molecule has 0 bridgehead atoms. The van der Waals surface area contributed by atoms with Crippen LogP contribution in [-0.4, -0.2) is 37.2 Å². The number of methoxy groups -OCH3 is 1. The van der Waals surface area contributed by atoms with Crippen LogP contribution in [0, 0.1) is 11.7 Å². The van der Waals surface area contributed by atoms with E-state index < -0.39 is 0 Å². The number of rotatable bonds is 4. The van der Waals surface area contributed by atoms with Gasteiger partial charge in [-0.1, -0.05) is 25.0 Å². The van der Waals surface area contributed by atoms with Crippen LogP contribution in [0.2, 0.25) is 0 Å². The summed E-state index contributed by atoms with van der Waals surface area (Å²) in [5.74, 6) is 0.399. The molecule has 2 atom stereocenters. The van der Waals surface area contributed by atoms with E-state index in [9.17, 15) is 4.39 Å². The van der Waals surface area contributed by atoms with Crippen LogP contribution in [0.1, 0.15) is 37.7 Å². The summed E-state index contributed by atoms with van der Waals surface area (Å²) in [6, 6.07) is 7.72. The molecule has 1 saturated carbocycles. The van der Waals surface area contributed by atoms with E-state index in [0.29, 0.717) is 12.0 Å². The Morgan fingerprint density at radius 2 is 1.86 bits per heavy atom. The van der Waals surface area contributed by atoms with Crippen LogP contribution >= 0.6 is 0 Å². The fourth-order valence-corrected chi connectivity index (χ4v) is 4.01. The summed E-state index contributed by atoms with van der Waals surface area (Å²) in [6.45, 7) is 2.25. The maximum Gasteiger partial charge on any atom is 0.123 e. The van der Waals surface area contributed by atoms with Gasteiger partial charge in [0.2, 0.25) is 0 Å². The zero-order chi connectivity index (χ0) is 14.7. The molecule has 0 unspecified atom stereocenters. The molecule has 1 heterocycles. The third kappa shape index (κ3) is 3.64. The van der Waals surface area contributed by atoms with Gasteiger partial charge in [-0.2, -0.15) is 0 Å². The molecule has 2 fully saturated rings. The molecule has 0 spiro atoms. The first-order valence-corrected chi connectivity index (χ1v) is 8.27. The Morgan fingerprint density at radius 1 is 1.14 bits per heavy atom. The van der Waals surface area contributed by atoms with Crippen molar-refractivity contribution in [3.8, 4) is 0 Å². The molecule has 0 aromatic heterocycles. The van der Waals surface area contributed by atoms with Gasteiger partial charge in [0.05, 0.1) is 6.10 Å². The van der Waals surface area contributed by atoms with Crippen molar-refractivity contribution in [1.82, 2.24) is 4.90 Å². The Morgan fingerprint density at radius 3 is 2.52 bits per heavy atom. The van der Waals surface area contributed by atoms with Crippen LogP contribution in [0.4, 0.5) is 4.39 Å². The van der Waals surface area contributed by atoms with Gasteiger partial charge in [0.1, 0.15) is 5.82 Å². The van der Waals surface area contributed by atoms with Crippen molar-refractivity contribution >= 4 is 0 Å². The molecule has 0 amide bonds. The molecule has 1 aromatic rings. The highest BCUT2D eigenvalue weighted by Crippen LogP contribution is 2.30. The van der Waals surface area contributed by atoms with Gasteiger partial charge in [-0.05, 0) is 55.8 Å². The Kier molecular flexibility index (Phi) is 4.91. The number of benzene rings is 1. The summed E-state index contributed by atoms with van der Waals surface area (Å²) in [5, 5.41) is 0. The molecule has 116 valence electrons. The van der Waals surface area contributed by atoms with Crippen LogP contribution < -0.4 is 0 Å². The minimum absolute atomic E-state index is 0.155. The van der Waals surface area contributed by atoms with E-state index in [1.54, 1.807) is 12.1 Å². The van der Waals surface area contributed by atoms with Crippen LogP contribution in [0.25, 0.3) is 0 Å². The number of ether oxygens (including phenoxy) is 1.